The molecule has 0 saturated heterocycles. The van der Waals surface area contributed by atoms with Crippen LogP contribution in [0, 0.1) is 0 Å². The average Bonchev–Trinajstić information content (AvgIpc) is 2.46. The van der Waals surface area contributed by atoms with Crippen molar-refractivity contribution in [3.8, 4) is 5.75 Å². The molecule has 1 unspecified atom stereocenters. The van der Waals surface area contributed by atoms with Crippen LogP contribution in [0.15, 0.2) is 24.3 Å². The van der Waals surface area contributed by atoms with Gasteiger partial charge in [-0.05, 0) is 19.4 Å². The first-order valence-corrected chi connectivity index (χ1v) is 7.33. The fraction of sp³-hybridized carbons (Fsp3) is 0.467. The van der Waals surface area contributed by atoms with Crippen molar-refractivity contribution in [1.29, 1.82) is 0 Å². The maximum absolute atomic E-state index is 12.7. The molecule has 0 spiro atoms. The van der Waals surface area contributed by atoms with Gasteiger partial charge in [-0.3, -0.25) is 4.79 Å². The molecule has 1 heterocycles. The first-order chi connectivity index (χ1) is 9.63. The standard InChI is InChI=1S/C15H20N2O2S/c1-2-17(9-7-14(16)20)15(18)12-8-10-19-13-6-4-3-5-11(12)13/h3-6,12H,2,7-10H2,1H3,(H2,16,20). The number of hydrogen-bond acceptors (Lipinski definition) is 3. The van der Waals surface area contributed by atoms with Gasteiger partial charge >= 0.3 is 0 Å². The third kappa shape index (κ3) is 3.28. The van der Waals surface area contributed by atoms with Crippen molar-refractivity contribution in [3.63, 3.8) is 0 Å². The van der Waals surface area contributed by atoms with E-state index in [9.17, 15) is 4.79 Å². The fourth-order valence-electron chi connectivity index (χ4n) is 2.49. The Bertz CT molecular complexity index is 504. The maximum atomic E-state index is 12.7. The van der Waals surface area contributed by atoms with Crippen molar-refractivity contribution in [2.75, 3.05) is 19.7 Å². The predicted molar refractivity (Wildman–Crippen MR) is 83.0 cm³/mol. The van der Waals surface area contributed by atoms with E-state index in [0.717, 1.165) is 17.7 Å². The summed E-state index contributed by atoms with van der Waals surface area (Å²) in [7, 11) is 0. The summed E-state index contributed by atoms with van der Waals surface area (Å²) in [5.74, 6) is 0.841. The van der Waals surface area contributed by atoms with E-state index in [0.29, 0.717) is 31.1 Å². The van der Waals surface area contributed by atoms with Crippen molar-refractivity contribution in [2.24, 2.45) is 5.73 Å². The van der Waals surface area contributed by atoms with Crippen LogP contribution in [0.5, 0.6) is 5.75 Å². The molecule has 2 rings (SSSR count). The number of fused-ring (bicyclic) bond motifs is 1. The minimum atomic E-state index is -0.119. The number of nitrogens with two attached hydrogens (primary N) is 1. The molecular formula is C15H20N2O2S. The third-order valence-corrected chi connectivity index (χ3v) is 3.78. The van der Waals surface area contributed by atoms with Crippen LogP contribution < -0.4 is 10.5 Å². The number of carbonyl (C=O) groups excluding carboxylic acids is 1. The number of rotatable bonds is 5. The summed E-state index contributed by atoms with van der Waals surface area (Å²) in [6.45, 7) is 3.81. The first-order valence-electron chi connectivity index (χ1n) is 6.92. The molecule has 0 aromatic heterocycles. The highest BCUT2D eigenvalue weighted by Crippen LogP contribution is 2.34. The van der Waals surface area contributed by atoms with Crippen molar-refractivity contribution in [2.45, 2.75) is 25.7 Å². The van der Waals surface area contributed by atoms with E-state index < -0.39 is 0 Å². The van der Waals surface area contributed by atoms with Gasteiger partial charge in [-0.25, -0.2) is 0 Å². The molecule has 5 heteroatoms. The number of thiocarbonyl (C=S) groups is 1. The van der Waals surface area contributed by atoms with E-state index >= 15 is 0 Å². The zero-order chi connectivity index (χ0) is 14.5. The van der Waals surface area contributed by atoms with Gasteiger partial charge in [0.2, 0.25) is 5.91 Å². The molecule has 1 amide bonds. The Kier molecular flexibility index (Phi) is 4.95. The van der Waals surface area contributed by atoms with E-state index in [-0.39, 0.29) is 11.8 Å². The summed E-state index contributed by atoms with van der Waals surface area (Å²) < 4.78 is 5.60. The van der Waals surface area contributed by atoms with Crippen molar-refractivity contribution >= 4 is 23.1 Å². The third-order valence-electron chi connectivity index (χ3n) is 3.58. The van der Waals surface area contributed by atoms with Crippen LogP contribution in [0.1, 0.15) is 31.2 Å². The monoisotopic (exact) mass is 292 g/mol. The summed E-state index contributed by atoms with van der Waals surface area (Å²) in [5.41, 5.74) is 6.51. The van der Waals surface area contributed by atoms with E-state index in [1.165, 1.54) is 0 Å². The lowest BCUT2D eigenvalue weighted by Gasteiger charge is -2.30. The largest absolute Gasteiger partial charge is 0.493 e. The molecular weight excluding hydrogens is 272 g/mol. The number of benzene rings is 1. The van der Waals surface area contributed by atoms with Gasteiger partial charge in [0.1, 0.15) is 5.75 Å². The maximum Gasteiger partial charge on any atom is 0.230 e. The number of ether oxygens (including phenoxy) is 1. The van der Waals surface area contributed by atoms with E-state index in [1.54, 1.807) is 0 Å². The highest BCUT2D eigenvalue weighted by molar-refractivity contribution is 7.80. The van der Waals surface area contributed by atoms with Gasteiger partial charge in [-0.1, -0.05) is 30.4 Å². The molecule has 0 fully saturated rings. The van der Waals surface area contributed by atoms with Crippen LogP contribution in [-0.2, 0) is 4.79 Å². The molecule has 2 N–H and O–H groups in total. The number of hydrogen-bond donors (Lipinski definition) is 1. The second kappa shape index (κ2) is 6.70. The van der Waals surface area contributed by atoms with Gasteiger partial charge in [0.15, 0.2) is 0 Å². The summed E-state index contributed by atoms with van der Waals surface area (Å²) in [5, 5.41) is 0. The van der Waals surface area contributed by atoms with E-state index in [2.05, 4.69) is 0 Å². The zero-order valence-corrected chi connectivity index (χ0v) is 12.5. The molecule has 0 radical (unpaired) electrons. The van der Waals surface area contributed by atoms with Gasteiger partial charge < -0.3 is 15.4 Å². The molecule has 1 aliphatic rings. The number of amides is 1. The highest BCUT2D eigenvalue weighted by atomic mass is 32.1. The topological polar surface area (TPSA) is 55.6 Å². The van der Waals surface area contributed by atoms with Crippen LogP contribution in [0.2, 0.25) is 0 Å². The summed E-state index contributed by atoms with van der Waals surface area (Å²) in [4.78, 5) is 15.0. The summed E-state index contributed by atoms with van der Waals surface area (Å²) >= 11 is 4.89. The summed E-state index contributed by atoms with van der Waals surface area (Å²) in [6.07, 6.45) is 1.29. The highest BCUT2D eigenvalue weighted by Gasteiger charge is 2.30. The lowest BCUT2D eigenvalue weighted by molar-refractivity contribution is -0.133. The van der Waals surface area contributed by atoms with Gasteiger partial charge in [0.05, 0.1) is 17.5 Å². The van der Waals surface area contributed by atoms with E-state index in [4.69, 9.17) is 22.7 Å². The van der Waals surface area contributed by atoms with Crippen LogP contribution in [0.4, 0.5) is 0 Å². The molecule has 20 heavy (non-hydrogen) atoms. The molecule has 1 aromatic rings. The number of likely N-dealkylation sites (N-methyl/N-ethyl adjacent to an activating group) is 1. The number of para-hydroxylation sites is 1. The fourth-order valence-corrected chi connectivity index (χ4v) is 2.58. The molecule has 0 saturated carbocycles. The molecule has 108 valence electrons. The Hall–Kier alpha value is -1.62. The molecule has 0 aliphatic carbocycles. The molecule has 1 aromatic carbocycles. The first kappa shape index (κ1) is 14.8. The Morgan fingerprint density at radius 1 is 1.50 bits per heavy atom. The minimum Gasteiger partial charge on any atom is -0.493 e. The Labute approximate surface area is 124 Å². The lowest BCUT2D eigenvalue weighted by atomic mass is 9.91. The van der Waals surface area contributed by atoms with Crippen molar-refractivity contribution in [1.82, 2.24) is 4.90 Å². The SMILES string of the molecule is CCN(CCC(N)=S)C(=O)C1CCOc2ccccc21. The van der Waals surface area contributed by atoms with Crippen LogP contribution in [0.3, 0.4) is 0 Å². The van der Waals surface area contributed by atoms with Crippen LogP contribution in [-0.4, -0.2) is 35.5 Å². The van der Waals surface area contributed by atoms with Gasteiger partial charge in [0.25, 0.3) is 0 Å². The number of carbonyl (C=O) groups is 1. The molecule has 0 bridgehead atoms. The average molecular weight is 292 g/mol. The van der Waals surface area contributed by atoms with Gasteiger partial charge in [-0.15, -0.1) is 0 Å². The van der Waals surface area contributed by atoms with Crippen molar-refractivity contribution < 1.29 is 9.53 Å². The summed E-state index contributed by atoms with van der Waals surface area (Å²) in [6, 6.07) is 7.76. The smallest absolute Gasteiger partial charge is 0.230 e. The van der Waals surface area contributed by atoms with E-state index in [1.807, 2.05) is 36.1 Å². The van der Waals surface area contributed by atoms with Gasteiger partial charge in [0, 0.05) is 25.1 Å². The van der Waals surface area contributed by atoms with Crippen molar-refractivity contribution in [3.05, 3.63) is 29.8 Å². The zero-order valence-electron chi connectivity index (χ0n) is 11.7. The quantitative estimate of drug-likeness (QED) is 0.844. The Morgan fingerprint density at radius 3 is 2.95 bits per heavy atom. The molecule has 4 nitrogen and oxygen atoms in total. The lowest BCUT2D eigenvalue weighted by Crippen LogP contribution is -2.38. The second-order valence-electron chi connectivity index (χ2n) is 4.86. The second-order valence-corrected chi connectivity index (χ2v) is 5.39. The molecule has 1 atom stereocenters. The minimum absolute atomic E-state index is 0.119. The molecule has 1 aliphatic heterocycles. The predicted octanol–water partition coefficient (Wildman–Crippen LogP) is 2.08. The Balaban J connectivity index is 2.14. The van der Waals surface area contributed by atoms with Crippen LogP contribution >= 0.6 is 12.2 Å². The number of nitrogens with zero attached hydrogens (tertiary/aromatic N) is 1. The normalized spacial score (nSPS) is 16.9. The Morgan fingerprint density at radius 2 is 2.25 bits per heavy atom. The van der Waals surface area contributed by atoms with Gasteiger partial charge in [-0.2, -0.15) is 0 Å². The van der Waals surface area contributed by atoms with Crippen LogP contribution in [0.25, 0.3) is 0 Å².